The Kier molecular flexibility index (Phi) is 14.8. The molecule has 2 bridgehead atoms. The highest BCUT2D eigenvalue weighted by Crippen LogP contribution is 2.42. The first-order chi connectivity index (χ1) is 31.8. The van der Waals surface area contributed by atoms with Crippen molar-refractivity contribution in [3.63, 3.8) is 0 Å². The number of rotatable bonds is 19. The summed E-state index contributed by atoms with van der Waals surface area (Å²) in [6.45, 7) is 16.5. The van der Waals surface area contributed by atoms with E-state index in [1.54, 1.807) is 11.0 Å². The maximum absolute atomic E-state index is 13.1. The van der Waals surface area contributed by atoms with Gasteiger partial charge in [-0.1, -0.05) is 112 Å². The first kappa shape index (κ1) is 46.8. The molecule has 3 fully saturated rings. The van der Waals surface area contributed by atoms with Crippen molar-refractivity contribution < 1.29 is 23.8 Å². The number of pyridine rings is 1. The molecule has 3 aliphatic rings. The van der Waals surface area contributed by atoms with Crippen LogP contribution < -0.4 is 25.2 Å². The van der Waals surface area contributed by atoms with Crippen molar-refractivity contribution in [1.82, 2.24) is 15.2 Å². The number of H-pyrrole nitrogens is 1. The molecule has 0 spiro atoms. The molecule has 66 heavy (non-hydrogen) atoms. The zero-order valence-electron chi connectivity index (χ0n) is 39.2. The molecule has 3 aliphatic heterocycles. The van der Waals surface area contributed by atoms with Crippen LogP contribution in [-0.4, -0.2) is 74.8 Å². The van der Waals surface area contributed by atoms with Gasteiger partial charge in [0.1, 0.15) is 18.1 Å². The molecule has 1 aromatic heterocycles. The van der Waals surface area contributed by atoms with E-state index in [4.69, 9.17) is 13.9 Å². The van der Waals surface area contributed by atoms with E-state index in [1.807, 2.05) is 72.8 Å². The van der Waals surface area contributed by atoms with E-state index in [2.05, 4.69) is 97.6 Å². The smallest absolute Gasteiger partial charge is 0.412 e. The van der Waals surface area contributed by atoms with E-state index in [0.717, 1.165) is 103 Å². The van der Waals surface area contributed by atoms with E-state index >= 15 is 0 Å². The lowest BCUT2D eigenvalue weighted by Gasteiger charge is -2.48. The van der Waals surface area contributed by atoms with Crippen LogP contribution in [-0.2, 0) is 23.9 Å². The van der Waals surface area contributed by atoms with Crippen LogP contribution in [0.25, 0.3) is 22.0 Å². The number of benzene rings is 5. The van der Waals surface area contributed by atoms with Crippen molar-refractivity contribution in [1.29, 1.82) is 0 Å². The molecule has 0 saturated carbocycles. The van der Waals surface area contributed by atoms with Crippen LogP contribution in [0.1, 0.15) is 68.4 Å². The second-order valence-electron chi connectivity index (χ2n) is 19.5. The summed E-state index contributed by atoms with van der Waals surface area (Å²) in [6.07, 6.45) is 3.31. The van der Waals surface area contributed by atoms with Gasteiger partial charge < -0.3 is 34.2 Å². The van der Waals surface area contributed by atoms with Crippen molar-refractivity contribution in [2.75, 3.05) is 44.2 Å². The lowest BCUT2D eigenvalue weighted by atomic mass is 9.82. The van der Waals surface area contributed by atoms with Crippen molar-refractivity contribution in [3.8, 4) is 22.6 Å². The maximum Gasteiger partial charge on any atom is 0.412 e. The number of hydrogen-bond acceptors (Lipinski definition) is 7. The molecule has 2 atom stereocenters. The zero-order chi connectivity index (χ0) is 46.3. The molecule has 6 aromatic rings. The minimum Gasteiger partial charge on any atom is -0.494 e. The predicted molar refractivity (Wildman–Crippen MR) is 269 cm³/mol. The van der Waals surface area contributed by atoms with Gasteiger partial charge in [-0.3, -0.25) is 9.69 Å². The number of aryl methyl sites for hydroxylation is 1. The minimum absolute atomic E-state index is 0.00109. The number of fused-ring (bicyclic) bond motifs is 4. The SMILES string of the molecule is CC(C)(C)[Si](C)(C)O[C@H](CNCCc1cccc(OCCCc2ccc(-c3ccccc3)c(N(C(=O)O)[C@H]3CN4CCC3CC4)c2)c1)c1ccc(OCc2ccccc2)c2[nH]c(=O)ccc12. The molecule has 11 heteroatoms. The molecule has 5 aromatic carbocycles. The lowest BCUT2D eigenvalue weighted by Crippen LogP contribution is -2.59. The highest BCUT2D eigenvalue weighted by atomic mass is 28.4. The summed E-state index contributed by atoms with van der Waals surface area (Å²) >= 11 is 0. The van der Waals surface area contributed by atoms with Gasteiger partial charge in [0.15, 0.2) is 8.32 Å². The van der Waals surface area contributed by atoms with E-state index in [9.17, 15) is 14.7 Å². The number of ether oxygens (including phenoxy) is 2. The fourth-order valence-corrected chi connectivity index (χ4v) is 10.6. The Morgan fingerprint density at radius 1 is 0.848 bits per heavy atom. The Labute approximate surface area is 391 Å². The van der Waals surface area contributed by atoms with E-state index in [1.165, 1.54) is 5.56 Å². The average molecular weight is 907 g/mol. The van der Waals surface area contributed by atoms with Crippen LogP contribution in [0.5, 0.6) is 11.5 Å². The molecule has 346 valence electrons. The molecule has 1 amide bonds. The number of aromatic amines is 1. The Hall–Kier alpha value is -5.72. The number of amides is 1. The van der Waals surface area contributed by atoms with Crippen LogP contribution in [0.15, 0.2) is 132 Å². The Balaban J connectivity index is 0.902. The van der Waals surface area contributed by atoms with Gasteiger partial charge in [0, 0.05) is 30.1 Å². The van der Waals surface area contributed by atoms with Gasteiger partial charge in [-0.25, -0.2) is 4.79 Å². The topological polar surface area (TPSA) is 116 Å². The summed E-state index contributed by atoms with van der Waals surface area (Å²) in [5, 5.41) is 15.3. The fourth-order valence-electron chi connectivity index (χ4n) is 9.30. The molecule has 4 heterocycles. The number of piperidine rings is 3. The molecular formula is C55H66N4O6Si. The molecule has 3 saturated heterocycles. The third-order valence-electron chi connectivity index (χ3n) is 14.0. The van der Waals surface area contributed by atoms with Gasteiger partial charge >= 0.3 is 6.09 Å². The number of carboxylic acid groups (broad SMARTS) is 1. The van der Waals surface area contributed by atoms with E-state index in [0.29, 0.717) is 36.9 Å². The highest BCUT2D eigenvalue weighted by molar-refractivity contribution is 6.74. The molecule has 9 rings (SSSR count). The van der Waals surface area contributed by atoms with Crippen molar-refractivity contribution in [2.24, 2.45) is 5.92 Å². The Morgan fingerprint density at radius 3 is 2.29 bits per heavy atom. The number of aromatic nitrogens is 1. The van der Waals surface area contributed by atoms with Gasteiger partial charge in [0.25, 0.3) is 0 Å². The molecule has 10 nitrogen and oxygen atoms in total. The summed E-state index contributed by atoms with van der Waals surface area (Å²) in [7, 11) is -2.22. The first-order valence-electron chi connectivity index (χ1n) is 23.7. The maximum atomic E-state index is 13.1. The van der Waals surface area contributed by atoms with Crippen LogP contribution in [0, 0.1) is 5.92 Å². The van der Waals surface area contributed by atoms with Crippen LogP contribution in [0.3, 0.4) is 0 Å². The minimum atomic E-state index is -2.22. The van der Waals surface area contributed by atoms with Gasteiger partial charge in [0.05, 0.1) is 30.0 Å². The zero-order valence-corrected chi connectivity index (χ0v) is 40.2. The number of nitrogens with zero attached hydrogens (tertiary/aromatic N) is 2. The quantitative estimate of drug-likeness (QED) is 0.0544. The van der Waals surface area contributed by atoms with E-state index in [-0.39, 0.29) is 22.7 Å². The van der Waals surface area contributed by atoms with Crippen molar-refractivity contribution >= 4 is 31.0 Å². The largest absolute Gasteiger partial charge is 0.494 e. The fraction of sp³-hybridized carbons (Fsp3) is 0.382. The summed E-state index contributed by atoms with van der Waals surface area (Å²) in [6, 6.07) is 42.2. The summed E-state index contributed by atoms with van der Waals surface area (Å²) < 4.78 is 19.7. The number of hydrogen-bond donors (Lipinski definition) is 3. The molecule has 3 N–H and O–H groups in total. The number of anilines is 1. The highest BCUT2D eigenvalue weighted by Gasteiger charge is 2.41. The molecule has 0 unspecified atom stereocenters. The van der Waals surface area contributed by atoms with Crippen molar-refractivity contribution in [2.45, 2.75) is 89.8 Å². The van der Waals surface area contributed by atoms with Crippen LogP contribution >= 0.6 is 0 Å². The number of nitrogens with one attached hydrogen (secondary N) is 2. The first-order valence-corrected chi connectivity index (χ1v) is 26.6. The molecular weight excluding hydrogens is 841 g/mol. The monoisotopic (exact) mass is 906 g/mol. The Bertz CT molecular complexity index is 2620. The standard InChI is InChI=1S/C55H66N4O6Si/c1-55(2,3)66(4,5)65-51(46-23-25-50(53-47(46)24-26-52(60)57-53)64-38-41-14-8-6-9-15-41)36-56-30-27-40-16-12-20-44(34-40)63-33-13-17-39-21-22-45(42-18-10-7-11-19-42)48(35-39)59(54(61)62)49-37-58-31-28-43(49)29-32-58/h6-12,14-16,18-26,34-35,43,49,51,56H,13,17,27-33,36-38H2,1-5H3,(H,57,60)(H,61,62)/t49-,51+/m0/s1. The van der Waals surface area contributed by atoms with Gasteiger partial charge in [-0.15, -0.1) is 0 Å². The second kappa shape index (κ2) is 20.8. The number of carbonyl (C=O) groups is 1. The van der Waals surface area contributed by atoms with Gasteiger partial charge in [-0.05, 0) is 134 Å². The second-order valence-corrected chi connectivity index (χ2v) is 24.3. The summed E-state index contributed by atoms with van der Waals surface area (Å²) in [5.41, 5.74) is 7.58. The van der Waals surface area contributed by atoms with Crippen LogP contribution in [0.2, 0.25) is 18.1 Å². The Morgan fingerprint density at radius 2 is 1.58 bits per heavy atom. The third kappa shape index (κ3) is 11.3. The molecule has 0 aliphatic carbocycles. The predicted octanol–water partition coefficient (Wildman–Crippen LogP) is 11.3. The summed E-state index contributed by atoms with van der Waals surface area (Å²) in [5.74, 6) is 1.84. The van der Waals surface area contributed by atoms with Gasteiger partial charge in [-0.2, -0.15) is 0 Å². The van der Waals surface area contributed by atoms with Crippen LogP contribution in [0.4, 0.5) is 10.5 Å². The third-order valence-corrected chi connectivity index (χ3v) is 18.5. The molecule has 0 radical (unpaired) electrons. The lowest BCUT2D eigenvalue weighted by molar-refractivity contribution is 0.0837. The average Bonchev–Trinajstić information content (AvgIpc) is 3.31. The summed E-state index contributed by atoms with van der Waals surface area (Å²) in [4.78, 5) is 32.8. The normalized spacial score (nSPS) is 17.7. The van der Waals surface area contributed by atoms with Gasteiger partial charge in [0.2, 0.25) is 5.56 Å². The van der Waals surface area contributed by atoms with E-state index < -0.39 is 14.4 Å². The van der Waals surface area contributed by atoms with Crippen molar-refractivity contribution in [3.05, 3.63) is 160 Å².